The fourth-order valence-electron chi connectivity index (χ4n) is 1.90. The standard InChI is InChI=1S/C15H22N2O5S/c1-4-5-6-13(15(19)20)16-14(18)11-7-9-12(10-8-11)23(21,22)17(2)3/h7-10,13H,4-6H2,1-3H3,(H,16,18)(H,19,20). The summed E-state index contributed by atoms with van der Waals surface area (Å²) in [4.78, 5) is 23.3. The molecule has 23 heavy (non-hydrogen) atoms. The lowest BCUT2D eigenvalue weighted by molar-refractivity contribution is -0.139. The first-order valence-electron chi connectivity index (χ1n) is 7.26. The molecule has 1 rings (SSSR count). The van der Waals surface area contributed by atoms with Crippen LogP contribution in [0.3, 0.4) is 0 Å². The van der Waals surface area contributed by atoms with Crippen molar-refractivity contribution in [1.82, 2.24) is 9.62 Å². The first kappa shape index (κ1) is 19.1. The summed E-state index contributed by atoms with van der Waals surface area (Å²) >= 11 is 0. The Hall–Kier alpha value is -1.93. The minimum absolute atomic E-state index is 0.0693. The average molecular weight is 342 g/mol. The van der Waals surface area contributed by atoms with Crippen LogP contribution in [0.25, 0.3) is 0 Å². The fourth-order valence-corrected chi connectivity index (χ4v) is 2.80. The zero-order valence-corrected chi connectivity index (χ0v) is 14.3. The zero-order valence-electron chi connectivity index (χ0n) is 13.4. The third kappa shape index (κ3) is 5.04. The number of carbonyl (C=O) groups is 2. The van der Waals surface area contributed by atoms with Gasteiger partial charge in [0.05, 0.1) is 4.90 Å². The van der Waals surface area contributed by atoms with Crippen molar-refractivity contribution in [2.45, 2.75) is 37.1 Å². The van der Waals surface area contributed by atoms with E-state index in [2.05, 4.69) is 5.32 Å². The van der Waals surface area contributed by atoms with Crippen molar-refractivity contribution in [1.29, 1.82) is 0 Å². The van der Waals surface area contributed by atoms with Gasteiger partial charge in [-0.2, -0.15) is 0 Å². The molecular weight excluding hydrogens is 320 g/mol. The highest BCUT2D eigenvalue weighted by atomic mass is 32.2. The van der Waals surface area contributed by atoms with Gasteiger partial charge in [0.1, 0.15) is 6.04 Å². The number of amides is 1. The quantitative estimate of drug-likeness (QED) is 0.741. The molecule has 0 bridgehead atoms. The summed E-state index contributed by atoms with van der Waals surface area (Å²) < 4.78 is 25.0. The molecule has 7 nitrogen and oxygen atoms in total. The van der Waals surface area contributed by atoms with Crippen LogP contribution in [0, 0.1) is 0 Å². The van der Waals surface area contributed by atoms with Crippen molar-refractivity contribution in [2.24, 2.45) is 0 Å². The Morgan fingerprint density at radius 3 is 2.22 bits per heavy atom. The van der Waals surface area contributed by atoms with Crippen LogP contribution in [0.4, 0.5) is 0 Å². The smallest absolute Gasteiger partial charge is 0.326 e. The van der Waals surface area contributed by atoms with Gasteiger partial charge in [0.15, 0.2) is 0 Å². The number of hydrogen-bond acceptors (Lipinski definition) is 4. The first-order valence-corrected chi connectivity index (χ1v) is 8.70. The predicted molar refractivity (Wildman–Crippen MR) is 85.7 cm³/mol. The summed E-state index contributed by atoms with van der Waals surface area (Å²) in [5.74, 6) is -1.62. The number of carboxylic acids is 1. The molecule has 0 heterocycles. The SMILES string of the molecule is CCCCC(NC(=O)c1ccc(S(=O)(=O)N(C)C)cc1)C(=O)O. The predicted octanol–water partition coefficient (Wildman–Crippen LogP) is 1.31. The lowest BCUT2D eigenvalue weighted by Crippen LogP contribution is -2.40. The number of nitrogens with zero attached hydrogens (tertiary/aromatic N) is 1. The van der Waals surface area contributed by atoms with Crippen LogP contribution in [0.2, 0.25) is 0 Å². The van der Waals surface area contributed by atoms with E-state index in [1.54, 1.807) is 0 Å². The monoisotopic (exact) mass is 342 g/mol. The number of aliphatic carboxylic acids is 1. The van der Waals surface area contributed by atoms with Gasteiger partial charge in [0, 0.05) is 19.7 Å². The molecule has 0 radical (unpaired) electrons. The zero-order chi connectivity index (χ0) is 17.6. The summed E-state index contributed by atoms with van der Waals surface area (Å²) in [7, 11) is -0.725. The van der Waals surface area contributed by atoms with Crippen LogP contribution in [0.5, 0.6) is 0 Å². The number of carboxylic acid groups (broad SMARTS) is 1. The third-order valence-electron chi connectivity index (χ3n) is 3.34. The summed E-state index contributed by atoms with van der Waals surface area (Å²) in [6.45, 7) is 1.94. The highest BCUT2D eigenvalue weighted by Crippen LogP contribution is 2.14. The Balaban J connectivity index is 2.87. The number of benzene rings is 1. The summed E-state index contributed by atoms with van der Waals surface area (Å²) in [6.07, 6.45) is 1.87. The normalized spacial score (nSPS) is 12.9. The van der Waals surface area contributed by atoms with Crippen molar-refractivity contribution < 1.29 is 23.1 Å². The molecule has 1 aromatic carbocycles. The van der Waals surface area contributed by atoms with Crippen molar-refractivity contribution in [3.63, 3.8) is 0 Å². The van der Waals surface area contributed by atoms with Crippen molar-refractivity contribution >= 4 is 21.9 Å². The van der Waals surface area contributed by atoms with E-state index in [0.29, 0.717) is 12.8 Å². The maximum absolute atomic E-state index is 12.1. The second-order valence-corrected chi connectivity index (χ2v) is 7.47. The minimum atomic E-state index is -3.56. The number of unbranched alkanes of at least 4 members (excludes halogenated alkanes) is 1. The second kappa shape index (κ2) is 8.07. The maximum atomic E-state index is 12.1. The largest absolute Gasteiger partial charge is 0.480 e. The van der Waals surface area contributed by atoms with E-state index in [1.807, 2.05) is 6.92 Å². The summed E-state index contributed by atoms with van der Waals surface area (Å²) in [6, 6.07) is 4.43. The highest BCUT2D eigenvalue weighted by molar-refractivity contribution is 7.89. The third-order valence-corrected chi connectivity index (χ3v) is 5.17. The molecule has 0 spiro atoms. The van der Waals surface area contributed by atoms with Crippen LogP contribution in [0.15, 0.2) is 29.2 Å². The molecule has 1 amide bonds. The summed E-state index contributed by atoms with van der Waals surface area (Å²) in [5.41, 5.74) is 0.213. The molecular formula is C15H22N2O5S. The lowest BCUT2D eigenvalue weighted by atomic mass is 10.1. The maximum Gasteiger partial charge on any atom is 0.326 e. The van der Waals surface area contributed by atoms with Crippen LogP contribution >= 0.6 is 0 Å². The molecule has 0 aliphatic carbocycles. The van der Waals surface area contributed by atoms with E-state index in [0.717, 1.165) is 10.7 Å². The van der Waals surface area contributed by atoms with Crippen molar-refractivity contribution in [3.8, 4) is 0 Å². The molecule has 128 valence electrons. The Bertz CT molecular complexity index is 653. The van der Waals surface area contributed by atoms with Gasteiger partial charge >= 0.3 is 5.97 Å². The summed E-state index contributed by atoms with van der Waals surface area (Å²) in [5, 5.41) is 11.6. The molecule has 0 saturated heterocycles. The van der Waals surface area contributed by atoms with Gasteiger partial charge < -0.3 is 10.4 Å². The number of sulfonamides is 1. The Labute approximate surface area is 136 Å². The van der Waals surface area contributed by atoms with Gasteiger partial charge in [-0.25, -0.2) is 17.5 Å². The number of rotatable bonds is 8. The Morgan fingerprint density at radius 2 is 1.78 bits per heavy atom. The molecule has 0 saturated carbocycles. The van der Waals surface area contributed by atoms with Gasteiger partial charge in [0.25, 0.3) is 5.91 Å². The van der Waals surface area contributed by atoms with E-state index in [4.69, 9.17) is 5.11 Å². The first-order chi connectivity index (χ1) is 10.7. The van der Waals surface area contributed by atoms with E-state index in [9.17, 15) is 18.0 Å². The molecule has 1 atom stereocenters. The van der Waals surface area contributed by atoms with Crippen LogP contribution in [-0.4, -0.2) is 49.8 Å². The minimum Gasteiger partial charge on any atom is -0.480 e. The highest BCUT2D eigenvalue weighted by Gasteiger charge is 2.21. The molecule has 0 aliphatic heterocycles. The van der Waals surface area contributed by atoms with Crippen LogP contribution < -0.4 is 5.32 Å². The molecule has 8 heteroatoms. The van der Waals surface area contributed by atoms with E-state index >= 15 is 0 Å². The Kier molecular flexibility index (Phi) is 6.71. The van der Waals surface area contributed by atoms with Crippen molar-refractivity contribution in [3.05, 3.63) is 29.8 Å². The number of hydrogen-bond donors (Lipinski definition) is 2. The second-order valence-electron chi connectivity index (χ2n) is 5.32. The van der Waals surface area contributed by atoms with E-state index < -0.39 is 27.9 Å². The van der Waals surface area contributed by atoms with Gasteiger partial charge in [-0.3, -0.25) is 4.79 Å². The molecule has 0 fully saturated rings. The molecule has 0 aromatic heterocycles. The topological polar surface area (TPSA) is 104 Å². The van der Waals surface area contributed by atoms with E-state index in [1.165, 1.54) is 38.4 Å². The van der Waals surface area contributed by atoms with E-state index in [-0.39, 0.29) is 10.5 Å². The Morgan fingerprint density at radius 1 is 1.22 bits per heavy atom. The molecule has 1 unspecified atom stereocenters. The van der Waals surface area contributed by atoms with Crippen molar-refractivity contribution in [2.75, 3.05) is 14.1 Å². The lowest BCUT2D eigenvalue weighted by Gasteiger charge is -2.15. The average Bonchev–Trinajstić information content (AvgIpc) is 2.50. The van der Waals surface area contributed by atoms with Gasteiger partial charge in [0.2, 0.25) is 10.0 Å². The van der Waals surface area contributed by atoms with Gasteiger partial charge in [-0.1, -0.05) is 19.8 Å². The van der Waals surface area contributed by atoms with Gasteiger partial charge in [-0.05, 0) is 30.7 Å². The van der Waals surface area contributed by atoms with Crippen LogP contribution in [0.1, 0.15) is 36.5 Å². The molecule has 2 N–H and O–H groups in total. The molecule has 0 aliphatic rings. The van der Waals surface area contributed by atoms with Gasteiger partial charge in [-0.15, -0.1) is 0 Å². The number of carbonyl (C=O) groups excluding carboxylic acids is 1. The fraction of sp³-hybridized carbons (Fsp3) is 0.467. The number of nitrogens with one attached hydrogen (secondary N) is 1. The molecule has 1 aromatic rings. The van der Waals surface area contributed by atoms with Crippen LogP contribution in [-0.2, 0) is 14.8 Å².